The third-order valence-corrected chi connectivity index (χ3v) is 3.16. The highest BCUT2D eigenvalue weighted by Crippen LogP contribution is 2.18. The van der Waals surface area contributed by atoms with Gasteiger partial charge in [-0.15, -0.1) is 0 Å². The first-order chi connectivity index (χ1) is 9.52. The molecule has 5 heteroatoms. The predicted octanol–water partition coefficient (Wildman–Crippen LogP) is 3.07. The molecule has 0 bridgehead atoms. The van der Waals surface area contributed by atoms with E-state index in [9.17, 15) is 4.79 Å². The minimum atomic E-state index is -0.127. The molecule has 0 aliphatic heterocycles. The number of aromatic nitrogens is 2. The van der Waals surface area contributed by atoms with E-state index in [1.807, 2.05) is 46.0 Å². The van der Waals surface area contributed by atoms with Crippen molar-refractivity contribution in [3.63, 3.8) is 0 Å². The molecule has 2 rings (SSSR count). The van der Waals surface area contributed by atoms with E-state index in [2.05, 4.69) is 15.7 Å². The van der Waals surface area contributed by atoms with Gasteiger partial charge in [-0.05, 0) is 44.5 Å². The molecule has 2 aromatic rings. The fraction of sp³-hybridized carbons (Fsp3) is 0.333. The molecule has 0 fully saturated rings. The lowest BCUT2D eigenvalue weighted by molar-refractivity contribution is 0.102. The molecule has 0 atom stereocenters. The van der Waals surface area contributed by atoms with Crippen LogP contribution in [0.4, 0.5) is 11.5 Å². The van der Waals surface area contributed by atoms with Crippen molar-refractivity contribution in [1.82, 2.24) is 9.78 Å². The summed E-state index contributed by atoms with van der Waals surface area (Å²) in [7, 11) is 1.86. The van der Waals surface area contributed by atoms with Crippen molar-refractivity contribution in [2.75, 3.05) is 17.7 Å². The minimum absolute atomic E-state index is 0.127. The fourth-order valence-electron chi connectivity index (χ4n) is 2.10. The number of aryl methyl sites for hydroxylation is 1. The van der Waals surface area contributed by atoms with Crippen LogP contribution in [0.2, 0.25) is 0 Å². The average molecular weight is 272 g/mol. The Kier molecular flexibility index (Phi) is 4.08. The van der Waals surface area contributed by atoms with Crippen LogP contribution >= 0.6 is 0 Å². The van der Waals surface area contributed by atoms with Gasteiger partial charge in [0.25, 0.3) is 5.91 Å². The number of hydrogen-bond acceptors (Lipinski definition) is 3. The Hall–Kier alpha value is -2.30. The van der Waals surface area contributed by atoms with Gasteiger partial charge in [-0.1, -0.05) is 0 Å². The minimum Gasteiger partial charge on any atom is -0.388 e. The lowest BCUT2D eigenvalue weighted by Crippen LogP contribution is -2.17. The van der Waals surface area contributed by atoms with Gasteiger partial charge in [0.05, 0.1) is 6.20 Å². The van der Waals surface area contributed by atoms with Crippen LogP contribution in [-0.4, -0.2) is 22.7 Å². The molecule has 0 spiro atoms. The van der Waals surface area contributed by atoms with Gasteiger partial charge in [0.15, 0.2) is 0 Å². The highest BCUT2D eigenvalue weighted by molar-refractivity contribution is 6.04. The number of carbonyl (C=O) groups excluding carboxylic acids is 1. The first-order valence-electron chi connectivity index (χ1n) is 6.66. The average Bonchev–Trinajstić information content (AvgIpc) is 2.86. The lowest BCUT2D eigenvalue weighted by Gasteiger charge is -2.12. The second-order valence-electron chi connectivity index (χ2n) is 4.99. The maximum absolute atomic E-state index is 12.3. The standard InChI is InChI=1S/C15H20N4O/c1-10(2)19-14(7-8-17-19)18-15(20)12-5-6-13(16-4)11(3)9-12/h5-10,16H,1-4H3,(H,18,20). The van der Waals surface area contributed by atoms with E-state index in [0.29, 0.717) is 11.4 Å². The van der Waals surface area contributed by atoms with Gasteiger partial charge in [-0.25, -0.2) is 4.68 Å². The van der Waals surface area contributed by atoms with Crippen molar-refractivity contribution in [2.45, 2.75) is 26.8 Å². The van der Waals surface area contributed by atoms with Gasteiger partial charge in [-0.2, -0.15) is 5.10 Å². The van der Waals surface area contributed by atoms with Crippen LogP contribution < -0.4 is 10.6 Å². The van der Waals surface area contributed by atoms with Crippen LogP contribution in [0.5, 0.6) is 0 Å². The third kappa shape index (κ3) is 2.82. The highest BCUT2D eigenvalue weighted by atomic mass is 16.1. The van der Waals surface area contributed by atoms with Crippen LogP contribution in [0.1, 0.15) is 35.8 Å². The maximum atomic E-state index is 12.3. The van der Waals surface area contributed by atoms with Crippen molar-refractivity contribution in [3.05, 3.63) is 41.6 Å². The van der Waals surface area contributed by atoms with E-state index >= 15 is 0 Å². The largest absolute Gasteiger partial charge is 0.388 e. The first kappa shape index (κ1) is 14.1. The van der Waals surface area contributed by atoms with Crippen LogP contribution in [-0.2, 0) is 0 Å². The normalized spacial score (nSPS) is 10.7. The van der Waals surface area contributed by atoms with Crippen molar-refractivity contribution in [1.29, 1.82) is 0 Å². The molecule has 1 aromatic heterocycles. The van der Waals surface area contributed by atoms with Gasteiger partial charge < -0.3 is 10.6 Å². The number of nitrogens with zero attached hydrogens (tertiary/aromatic N) is 2. The molecule has 1 amide bonds. The summed E-state index contributed by atoms with van der Waals surface area (Å²) in [6.07, 6.45) is 1.69. The molecular weight excluding hydrogens is 252 g/mol. The van der Waals surface area contributed by atoms with Gasteiger partial charge in [0, 0.05) is 30.4 Å². The predicted molar refractivity (Wildman–Crippen MR) is 81.3 cm³/mol. The summed E-state index contributed by atoms with van der Waals surface area (Å²) in [4.78, 5) is 12.3. The number of hydrogen-bond donors (Lipinski definition) is 2. The molecule has 2 N–H and O–H groups in total. The van der Waals surface area contributed by atoms with Crippen molar-refractivity contribution in [2.24, 2.45) is 0 Å². The van der Waals surface area contributed by atoms with E-state index in [4.69, 9.17) is 0 Å². The molecule has 0 saturated heterocycles. The second-order valence-corrected chi connectivity index (χ2v) is 4.99. The van der Waals surface area contributed by atoms with Crippen molar-refractivity contribution >= 4 is 17.4 Å². The third-order valence-electron chi connectivity index (χ3n) is 3.16. The number of amides is 1. The monoisotopic (exact) mass is 272 g/mol. The van der Waals surface area contributed by atoms with Gasteiger partial charge in [0.1, 0.15) is 5.82 Å². The fourth-order valence-corrected chi connectivity index (χ4v) is 2.10. The smallest absolute Gasteiger partial charge is 0.256 e. The summed E-state index contributed by atoms with van der Waals surface area (Å²) >= 11 is 0. The van der Waals surface area contributed by atoms with Crippen molar-refractivity contribution < 1.29 is 4.79 Å². The summed E-state index contributed by atoms with van der Waals surface area (Å²) in [6, 6.07) is 7.59. The topological polar surface area (TPSA) is 59.0 Å². The summed E-state index contributed by atoms with van der Waals surface area (Å²) in [6.45, 7) is 6.02. The lowest BCUT2D eigenvalue weighted by atomic mass is 10.1. The summed E-state index contributed by atoms with van der Waals surface area (Å²) in [5, 5.41) is 10.2. The molecule has 0 radical (unpaired) electrons. The number of carbonyl (C=O) groups is 1. The summed E-state index contributed by atoms with van der Waals surface area (Å²) < 4.78 is 1.78. The molecule has 1 heterocycles. The molecule has 0 saturated carbocycles. The SMILES string of the molecule is CNc1ccc(C(=O)Nc2ccnn2C(C)C)cc1C. The van der Waals surface area contributed by atoms with E-state index in [1.165, 1.54) is 0 Å². The Morgan fingerprint density at radius 1 is 1.30 bits per heavy atom. The van der Waals surface area contributed by atoms with Crippen molar-refractivity contribution in [3.8, 4) is 0 Å². The van der Waals surface area contributed by atoms with Gasteiger partial charge in [0.2, 0.25) is 0 Å². The number of anilines is 2. The zero-order chi connectivity index (χ0) is 14.7. The van der Waals surface area contributed by atoms with E-state index in [0.717, 1.165) is 11.3 Å². The Morgan fingerprint density at radius 2 is 2.05 bits per heavy atom. The first-order valence-corrected chi connectivity index (χ1v) is 6.66. The Morgan fingerprint density at radius 3 is 2.65 bits per heavy atom. The Labute approximate surface area is 119 Å². The van der Waals surface area contributed by atoms with E-state index in [1.54, 1.807) is 16.9 Å². The van der Waals surface area contributed by atoms with Crippen LogP contribution in [0.25, 0.3) is 0 Å². The summed E-state index contributed by atoms with van der Waals surface area (Å²) in [5.41, 5.74) is 2.70. The zero-order valence-electron chi connectivity index (χ0n) is 12.3. The molecular formula is C15H20N4O. The number of rotatable bonds is 4. The van der Waals surface area contributed by atoms with E-state index < -0.39 is 0 Å². The molecule has 1 aromatic carbocycles. The van der Waals surface area contributed by atoms with E-state index in [-0.39, 0.29) is 11.9 Å². The molecule has 106 valence electrons. The highest BCUT2D eigenvalue weighted by Gasteiger charge is 2.12. The van der Waals surface area contributed by atoms with Gasteiger partial charge in [-0.3, -0.25) is 4.79 Å². The van der Waals surface area contributed by atoms with Crippen LogP contribution in [0, 0.1) is 6.92 Å². The Balaban J connectivity index is 2.20. The molecule has 0 unspecified atom stereocenters. The zero-order valence-corrected chi connectivity index (χ0v) is 12.3. The molecule has 0 aliphatic rings. The number of nitrogens with one attached hydrogen (secondary N) is 2. The van der Waals surface area contributed by atoms with Crippen LogP contribution in [0.15, 0.2) is 30.5 Å². The molecule has 20 heavy (non-hydrogen) atoms. The Bertz CT molecular complexity index is 616. The maximum Gasteiger partial charge on any atom is 0.256 e. The molecule has 5 nitrogen and oxygen atoms in total. The van der Waals surface area contributed by atoms with Crippen LogP contribution in [0.3, 0.4) is 0 Å². The quantitative estimate of drug-likeness (QED) is 0.899. The second kappa shape index (κ2) is 5.77. The summed E-state index contributed by atoms with van der Waals surface area (Å²) in [5.74, 6) is 0.582. The number of benzene rings is 1. The van der Waals surface area contributed by atoms with Gasteiger partial charge >= 0.3 is 0 Å². The molecule has 0 aliphatic carbocycles.